The minimum Gasteiger partial charge on any atom is -0.478 e. The van der Waals surface area contributed by atoms with Gasteiger partial charge in [-0.05, 0) is 62.6 Å². The molecule has 0 saturated heterocycles. The van der Waals surface area contributed by atoms with Crippen LogP contribution in [0.2, 0.25) is 10.0 Å². The topological polar surface area (TPSA) is 38.3 Å². The van der Waals surface area contributed by atoms with Gasteiger partial charge in [0, 0.05) is 23.0 Å². The average Bonchev–Trinajstić information content (AvgIpc) is 2.76. The zero-order chi connectivity index (χ0) is 23.3. The lowest BCUT2D eigenvalue weighted by Gasteiger charge is -2.31. The third kappa shape index (κ3) is 6.24. The molecule has 0 fully saturated rings. The Morgan fingerprint density at radius 2 is 1.69 bits per heavy atom. The zero-order valence-electron chi connectivity index (χ0n) is 18.2. The summed E-state index contributed by atoms with van der Waals surface area (Å²) in [6.45, 7) is 5.32. The summed E-state index contributed by atoms with van der Waals surface area (Å²) in [6, 6.07) is 21.7. The van der Waals surface area contributed by atoms with E-state index in [0.717, 1.165) is 17.5 Å². The second-order valence-electron chi connectivity index (χ2n) is 8.30. The highest BCUT2D eigenvalue weighted by atomic mass is 35.5. The molecule has 1 amide bonds. The van der Waals surface area contributed by atoms with E-state index in [1.54, 1.807) is 13.8 Å². The van der Waals surface area contributed by atoms with E-state index in [2.05, 4.69) is 17.4 Å². The molecule has 0 heterocycles. The summed E-state index contributed by atoms with van der Waals surface area (Å²) >= 11 is 11.9. The summed E-state index contributed by atoms with van der Waals surface area (Å²) in [7, 11) is 0. The molecule has 3 nitrogen and oxygen atoms in total. The minimum absolute atomic E-state index is 0.0393. The van der Waals surface area contributed by atoms with E-state index >= 15 is 0 Å². The quantitative estimate of drug-likeness (QED) is 0.389. The van der Waals surface area contributed by atoms with Crippen molar-refractivity contribution in [3.63, 3.8) is 0 Å². The number of carbonyl (C=O) groups is 1. The van der Waals surface area contributed by atoms with Crippen molar-refractivity contribution in [2.75, 3.05) is 0 Å². The van der Waals surface area contributed by atoms with Crippen LogP contribution in [0.25, 0.3) is 0 Å². The lowest BCUT2D eigenvalue weighted by atomic mass is 9.86. The number of carbonyl (C=O) groups excluding carboxylic acids is 1. The summed E-state index contributed by atoms with van der Waals surface area (Å²) in [5.74, 6) is -0.451. The molecule has 32 heavy (non-hydrogen) atoms. The summed E-state index contributed by atoms with van der Waals surface area (Å²) in [5, 5.41) is 3.73. The van der Waals surface area contributed by atoms with Gasteiger partial charge in [0.05, 0.1) is 5.02 Å². The normalized spacial score (nSPS) is 13.3. The molecule has 6 heteroatoms. The number of benzene rings is 3. The molecule has 0 aliphatic carbocycles. The van der Waals surface area contributed by atoms with Crippen LogP contribution < -0.4 is 10.1 Å². The number of hydrogen-bond donors (Lipinski definition) is 1. The number of rotatable bonds is 8. The van der Waals surface area contributed by atoms with Crippen LogP contribution in [-0.4, -0.2) is 17.6 Å². The maximum atomic E-state index is 13.4. The summed E-state index contributed by atoms with van der Waals surface area (Å²) < 4.78 is 19.3. The van der Waals surface area contributed by atoms with E-state index in [1.807, 2.05) is 49.4 Å². The molecular formula is C26H26Cl2FNO2. The van der Waals surface area contributed by atoms with Crippen molar-refractivity contribution in [3.05, 3.63) is 99.8 Å². The van der Waals surface area contributed by atoms with Gasteiger partial charge in [-0.2, -0.15) is 0 Å². The van der Waals surface area contributed by atoms with E-state index < -0.39 is 11.4 Å². The predicted octanol–water partition coefficient (Wildman–Crippen LogP) is 6.82. The smallest absolute Gasteiger partial charge is 0.263 e. The molecule has 168 valence electrons. The molecule has 0 aliphatic rings. The minimum atomic E-state index is -1.18. The van der Waals surface area contributed by atoms with Crippen LogP contribution in [0, 0.1) is 5.82 Å². The van der Waals surface area contributed by atoms with Crippen LogP contribution in [-0.2, 0) is 11.2 Å². The largest absolute Gasteiger partial charge is 0.478 e. The molecule has 0 unspecified atom stereocenters. The SMILES string of the molecule is C[C@H](NC(=O)C(C)(C)Oc1ccc(F)c(Cl)c1)[C@@H](Cc1ccc(Cl)cc1)c1ccccc1. The van der Waals surface area contributed by atoms with Crippen molar-refractivity contribution in [2.24, 2.45) is 0 Å². The van der Waals surface area contributed by atoms with Crippen LogP contribution in [0.15, 0.2) is 72.8 Å². The van der Waals surface area contributed by atoms with Gasteiger partial charge in [0.15, 0.2) is 5.60 Å². The molecule has 1 N–H and O–H groups in total. The van der Waals surface area contributed by atoms with Crippen molar-refractivity contribution >= 4 is 29.1 Å². The highest BCUT2D eigenvalue weighted by molar-refractivity contribution is 6.31. The lowest BCUT2D eigenvalue weighted by Crippen LogP contribution is -2.51. The second-order valence-corrected chi connectivity index (χ2v) is 9.14. The Kier molecular flexibility index (Phi) is 7.81. The number of amides is 1. The number of hydrogen-bond acceptors (Lipinski definition) is 2. The fourth-order valence-corrected chi connectivity index (χ4v) is 3.82. The molecule has 0 aliphatic heterocycles. The van der Waals surface area contributed by atoms with E-state index in [-0.39, 0.29) is 22.9 Å². The monoisotopic (exact) mass is 473 g/mol. The Bertz CT molecular complexity index is 1060. The number of ether oxygens (including phenoxy) is 1. The molecule has 0 bridgehead atoms. The van der Waals surface area contributed by atoms with Gasteiger partial charge in [0.25, 0.3) is 5.91 Å². The van der Waals surface area contributed by atoms with Gasteiger partial charge in [-0.25, -0.2) is 4.39 Å². The van der Waals surface area contributed by atoms with Crippen LogP contribution in [0.5, 0.6) is 5.75 Å². The Labute approximate surface area is 198 Å². The zero-order valence-corrected chi connectivity index (χ0v) is 19.8. The van der Waals surface area contributed by atoms with Crippen molar-refractivity contribution in [1.82, 2.24) is 5.32 Å². The van der Waals surface area contributed by atoms with Crippen molar-refractivity contribution in [3.8, 4) is 5.75 Å². The standard InChI is InChI=1S/C26H26Cl2FNO2/c1-17(30-25(31)26(2,3)32-21-13-14-24(29)23(28)16-21)22(19-7-5-4-6-8-19)15-18-9-11-20(27)12-10-18/h4-14,16-17,22H,15H2,1-3H3,(H,30,31)/t17-,22+/m0/s1. The van der Waals surface area contributed by atoms with Crippen LogP contribution in [0.4, 0.5) is 4.39 Å². The van der Waals surface area contributed by atoms with Gasteiger partial charge >= 0.3 is 0 Å². The third-order valence-corrected chi connectivity index (χ3v) is 5.91. The Hall–Kier alpha value is -2.56. The molecule has 2 atom stereocenters. The van der Waals surface area contributed by atoms with Gasteiger partial charge in [-0.1, -0.05) is 65.7 Å². The first-order chi connectivity index (χ1) is 15.2. The van der Waals surface area contributed by atoms with E-state index in [9.17, 15) is 9.18 Å². The summed E-state index contributed by atoms with van der Waals surface area (Å²) in [6.07, 6.45) is 0.734. The lowest BCUT2D eigenvalue weighted by molar-refractivity contribution is -0.135. The maximum Gasteiger partial charge on any atom is 0.263 e. The summed E-state index contributed by atoms with van der Waals surface area (Å²) in [4.78, 5) is 13.1. The Balaban J connectivity index is 1.76. The van der Waals surface area contributed by atoms with Gasteiger partial charge in [-0.3, -0.25) is 4.79 Å². The number of nitrogens with one attached hydrogen (secondary N) is 1. The first-order valence-electron chi connectivity index (χ1n) is 10.4. The van der Waals surface area contributed by atoms with E-state index in [1.165, 1.54) is 18.2 Å². The molecular weight excluding hydrogens is 448 g/mol. The average molecular weight is 474 g/mol. The van der Waals surface area contributed by atoms with Gasteiger partial charge < -0.3 is 10.1 Å². The van der Waals surface area contributed by atoms with Gasteiger partial charge in [0.1, 0.15) is 11.6 Å². The Morgan fingerprint density at radius 3 is 2.31 bits per heavy atom. The summed E-state index contributed by atoms with van der Waals surface area (Å²) in [5.41, 5.74) is 1.07. The highest BCUT2D eigenvalue weighted by Gasteiger charge is 2.33. The first kappa shape index (κ1) is 24.1. The van der Waals surface area contributed by atoms with Gasteiger partial charge in [-0.15, -0.1) is 0 Å². The fraction of sp³-hybridized carbons (Fsp3) is 0.269. The third-order valence-electron chi connectivity index (χ3n) is 5.37. The molecule has 0 aromatic heterocycles. The Morgan fingerprint density at radius 1 is 1.03 bits per heavy atom. The molecule has 0 radical (unpaired) electrons. The first-order valence-corrected chi connectivity index (χ1v) is 11.2. The second kappa shape index (κ2) is 10.4. The van der Waals surface area contributed by atoms with Gasteiger partial charge in [0.2, 0.25) is 0 Å². The van der Waals surface area contributed by atoms with Crippen LogP contribution in [0.1, 0.15) is 37.8 Å². The van der Waals surface area contributed by atoms with E-state index in [4.69, 9.17) is 27.9 Å². The molecule has 0 spiro atoms. The van der Waals surface area contributed by atoms with Crippen LogP contribution in [0.3, 0.4) is 0 Å². The number of halogens is 3. The molecule has 3 rings (SSSR count). The molecule has 3 aromatic carbocycles. The maximum absolute atomic E-state index is 13.4. The molecule has 3 aromatic rings. The van der Waals surface area contributed by atoms with Crippen LogP contribution >= 0.6 is 23.2 Å². The van der Waals surface area contributed by atoms with Crippen molar-refractivity contribution < 1.29 is 13.9 Å². The van der Waals surface area contributed by atoms with Crippen molar-refractivity contribution in [1.29, 1.82) is 0 Å². The fourth-order valence-electron chi connectivity index (χ4n) is 3.52. The van der Waals surface area contributed by atoms with Crippen molar-refractivity contribution in [2.45, 2.75) is 44.8 Å². The highest BCUT2D eigenvalue weighted by Crippen LogP contribution is 2.28. The van der Waals surface area contributed by atoms with E-state index in [0.29, 0.717) is 10.8 Å². The predicted molar refractivity (Wildman–Crippen MR) is 128 cm³/mol. The molecule has 0 saturated carbocycles.